The van der Waals surface area contributed by atoms with Crippen LogP contribution in [0, 0.1) is 23.1 Å². The third kappa shape index (κ3) is 2.34. The zero-order valence-corrected chi connectivity index (χ0v) is 9.38. The number of benzene rings is 1. The summed E-state index contributed by atoms with van der Waals surface area (Å²) in [5, 5.41) is 9.34. The van der Waals surface area contributed by atoms with E-state index < -0.39 is 5.82 Å². The fourth-order valence-corrected chi connectivity index (χ4v) is 2.21. The van der Waals surface area contributed by atoms with Gasteiger partial charge < -0.3 is 4.74 Å². The van der Waals surface area contributed by atoms with Gasteiger partial charge in [-0.05, 0) is 36.6 Å². The maximum atomic E-state index is 13.2. The van der Waals surface area contributed by atoms with E-state index in [-0.39, 0.29) is 12.0 Å². The molecule has 2 nitrogen and oxygen atoms in total. The minimum Gasteiger partial charge on any atom is -0.372 e. The van der Waals surface area contributed by atoms with E-state index in [0.717, 1.165) is 12.8 Å². The van der Waals surface area contributed by atoms with E-state index in [1.807, 2.05) is 0 Å². The van der Waals surface area contributed by atoms with Gasteiger partial charge in [-0.1, -0.05) is 11.6 Å². The van der Waals surface area contributed by atoms with Gasteiger partial charge in [0.05, 0.1) is 18.1 Å². The molecule has 16 heavy (non-hydrogen) atoms. The first-order chi connectivity index (χ1) is 7.70. The summed E-state index contributed by atoms with van der Waals surface area (Å²) in [4.78, 5) is 0. The number of nitrogens with zero attached hydrogens (tertiary/aromatic N) is 1. The molecule has 2 unspecified atom stereocenters. The van der Waals surface area contributed by atoms with Crippen LogP contribution in [0.3, 0.4) is 0 Å². The normalized spacial score (nSPS) is 25.1. The second-order valence-electron chi connectivity index (χ2n) is 3.87. The van der Waals surface area contributed by atoms with Crippen molar-refractivity contribution in [3.05, 3.63) is 34.6 Å². The van der Waals surface area contributed by atoms with Crippen LogP contribution in [0.5, 0.6) is 0 Å². The number of hydrogen-bond acceptors (Lipinski definition) is 2. The van der Waals surface area contributed by atoms with Gasteiger partial charge in [-0.25, -0.2) is 4.39 Å². The minimum atomic E-state index is -0.395. The molecule has 2 rings (SSSR count). The van der Waals surface area contributed by atoms with Crippen molar-refractivity contribution in [2.24, 2.45) is 5.92 Å². The lowest BCUT2D eigenvalue weighted by atomic mass is 9.91. The quantitative estimate of drug-likeness (QED) is 0.752. The maximum absolute atomic E-state index is 13.2. The number of nitriles is 1. The molecule has 1 fully saturated rings. The molecule has 0 N–H and O–H groups in total. The third-order valence-electron chi connectivity index (χ3n) is 2.70. The summed E-state index contributed by atoms with van der Waals surface area (Å²) >= 11 is 5.78. The molecule has 1 aromatic carbocycles. The topological polar surface area (TPSA) is 33.0 Å². The highest BCUT2D eigenvalue weighted by Gasteiger charge is 2.27. The Morgan fingerprint density at radius 2 is 2.25 bits per heavy atom. The largest absolute Gasteiger partial charge is 0.372 e. The van der Waals surface area contributed by atoms with Crippen molar-refractivity contribution in [1.29, 1.82) is 5.26 Å². The molecule has 0 radical (unpaired) electrons. The lowest BCUT2D eigenvalue weighted by Gasteiger charge is -2.27. The molecule has 0 saturated carbocycles. The van der Waals surface area contributed by atoms with Gasteiger partial charge in [0, 0.05) is 11.6 Å². The van der Waals surface area contributed by atoms with E-state index in [9.17, 15) is 4.39 Å². The van der Waals surface area contributed by atoms with Crippen molar-refractivity contribution in [3.63, 3.8) is 0 Å². The molecule has 0 amide bonds. The van der Waals surface area contributed by atoms with Crippen molar-refractivity contribution in [2.45, 2.75) is 18.9 Å². The molecule has 1 aliphatic rings. The highest BCUT2D eigenvalue weighted by atomic mass is 35.5. The Hall–Kier alpha value is -1.11. The highest BCUT2D eigenvalue weighted by Crippen LogP contribution is 2.34. The van der Waals surface area contributed by atoms with Gasteiger partial charge in [0.1, 0.15) is 5.82 Å². The van der Waals surface area contributed by atoms with Gasteiger partial charge in [0.2, 0.25) is 0 Å². The lowest BCUT2D eigenvalue weighted by Crippen LogP contribution is -2.21. The Morgan fingerprint density at radius 3 is 2.94 bits per heavy atom. The Labute approximate surface area is 98.6 Å². The zero-order valence-electron chi connectivity index (χ0n) is 8.62. The molecule has 2 atom stereocenters. The van der Waals surface area contributed by atoms with E-state index >= 15 is 0 Å². The van der Waals surface area contributed by atoms with Crippen LogP contribution in [0.15, 0.2) is 18.2 Å². The first kappa shape index (κ1) is 11.4. The predicted molar refractivity (Wildman–Crippen MR) is 58.4 cm³/mol. The summed E-state index contributed by atoms with van der Waals surface area (Å²) in [5.74, 6) is -0.611. The molecular weight excluding hydrogens is 229 g/mol. The van der Waals surface area contributed by atoms with E-state index in [4.69, 9.17) is 21.6 Å². The molecule has 4 heteroatoms. The molecule has 1 aliphatic heterocycles. The Bertz CT molecular complexity index is 409. The van der Waals surface area contributed by atoms with Gasteiger partial charge in [-0.15, -0.1) is 0 Å². The fraction of sp³-hybridized carbons (Fsp3) is 0.417. The summed E-state index contributed by atoms with van der Waals surface area (Å²) in [6, 6.07) is 6.49. The first-order valence-corrected chi connectivity index (χ1v) is 5.55. The van der Waals surface area contributed by atoms with Crippen molar-refractivity contribution in [2.75, 3.05) is 6.61 Å². The van der Waals surface area contributed by atoms with Gasteiger partial charge in [-0.3, -0.25) is 0 Å². The zero-order chi connectivity index (χ0) is 11.5. The molecule has 0 spiro atoms. The Kier molecular flexibility index (Phi) is 3.42. The van der Waals surface area contributed by atoms with Gasteiger partial charge >= 0.3 is 0 Å². The number of hydrogen-bond donors (Lipinski definition) is 0. The van der Waals surface area contributed by atoms with Crippen LogP contribution in [0.25, 0.3) is 0 Å². The molecule has 0 bridgehead atoms. The second-order valence-corrected chi connectivity index (χ2v) is 4.31. The standard InChI is InChI=1S/C12H11ClFNO/c13-10-4-9(5-11(14)6-10)12-8(7-15)2-1-3-16-12/h4-6,8,12H,1-3H2. The van der Waals surface area contributed by atoms with E-state index in [1.165, 1.54) is 12.1 Å². The molecule has 84 valence electrons. The molecule has 1 aromatic rings. The van der Waals surface area contributed by atoms with E-state index in [2.05, 4.69) is 6.07 Å². The SMILES string of the molecule is N#CC1CCCOC1c1cc(F)cc(Cl)c1. The Balaban J connectivity index is 2.31. The average molecular weight is 240 g/mol. The van der Waals surface area contributed by atoms with E-state index in [0.29, 0.717) is 17.2 Å². The monoisotopic (exact) mass is 239 g/mol. The maximum Gasteiger partial charge on any atom is 0.125 e. The average Bonchev–Trinajstić information content (AvgIpc) is 2.27. The molecule has 1 heterocycles. The predicted octanol–water partition coefficient (Wildman–Crippen LogP) is 3.47. The van der Waals surface area contributed by atoms with Crippen LogP contribution in [0.1, 0.15) is 24.5 Å². The summed E-state index contributed by atoms with van der Waals surface area (Å²) in [5.41, 5.74) is 0.649. The molecule has 0 aliphatic carbocycles. The van der Waals surface area contributed by atoms with Crippen molar-refractivity contribution in [1.82, 2.24) is 0 Å². The van der Waals surface area contributed by atoms with Gasteiger partial charge in [0.25, 0.3) is 0 Å². The van der Waals surface area contributed by atoms with Crippen molar-refractivity contribution in [3.8, 4) is 6.07 Å². The smallest absolute Gasteiger partial charge is 0.125 e. The van der Waals surface area contributed by atoms with Gasteiger partial charge in [0.15, 0.2) is 0 Å². The highest BCUT2D eigenvalue weighted by molar-refractivity contribution is 6.30. The van der Waals surface area contributed by atoms with Crippen molar-refractivity contribution >= 4 is 11.6 Å². The van der Waals surface area contributed by atoms with Crippen LogP contribution in [0.2, 0.25) is 5.02 Å². The summed E-state index contributed by atoms with van der Waals surface area (Å²) in [6.45, 7) is 0.608. The molecule has 1 saturated heterocycles. The van der Waals surface area contributed by atoms with Crippen LogP contribution in [-0.2, 0) is 4.74 Å². The van der Waals surface area contributed by atoms with Crippen LogP contribution in [-0.4, -0.2) is 6.61 Å². The van der Waals surface area contributed by atoms with Crippen molar-refractivity contribution < 1.29 is 9.13 Å². The Morgan fingerprint density at radius 1 is 1.44 bits per heavy atom. The van der Waals surface area contributed by atoms with Crippen LogP contribution < -0.4 is 0 Å². The minimum absolute atomic E-state index is 0.216. The summed E-state index contributed by atoms with van der Waals surface area (Å²) < 4.78 is 18.7. The summed E-state index contributed by atoms with van der Waals surface area (Å²) in [7, 11) is 0. The number of ether oxygens (including phenoxy) is 1. The lowest BCUT2D eigenvalue weighted by molar-refractivity contribution is -0.0103. The second kappa shape index (κ2) is 4.82. The third-order valence-corrected chi connectivity index (χ3v) is 2.92. The van der Waals surface area contributed by atoms with E-state index in [1.54, 1.807) is 6.07 Å². The number of rotatable bonds is 1. The summed E-state index contributed by atoms with van der Waals surface area (Å²) in [6.07, 6.45) is 1.31. The number of halogens is 2. The van der Waals surface area contributed by atoms with Crippen LogP contribution >= 0.6 is 11.6 Å². The molecule has 0 aromatic heterocycles. The first-order valence-electron chi connectivity index (χ1n) is 5.18. The van der Waals surface area contributed by atoms with Crippen LogP contribution in [0.4, 0.5) is 4.39 Å². The fourth-order valence-electron chi connectivity index (χ4n) is 1.98. The van der Waals surface area contributed by atoms with Gasteiger partial charge in [-0.2, -0.15) is 5.26 Å². The molecular formula is C12H11ClFNO.